The van der Waals surface area contributed by atoms with E-state index in [1.165, 1.54) is 12.8 Å². The van der Waals surface area contributed by atoms with Gasteiger partial charge in [-0.3, -0.25) is 9.69 Å². The van der Waals surface area contributed by atoms with Gasteiger partial charge in [-0.25, -0.2) is 0 Å². The maximum absolute atomic E-state index is 13.0. The molecular weight excluding hydrogens is 412 g/mol. The van der Waals surface area contributed by atoms with E-state index in [0.29, 0.717) is 30.9 Å². The quantitative estimate of drug-likeness (QED) is 0.415. The van der Waals surface area contributed by atoms with Crippen LogP contribution in [0.4, 0.5) is 0 Å². The number of amides is 1. The topological polar surface area (TPSA) is 122 Å². The summed E-state index contributed by atoms with van der Waals surface area (Å²) >= 11 is 0. The van der Waals surface area contributed by atoms with Gasteiger partial charge in [0.1, 0.15) is 5.76 Å². The van der Waals surface area contributed by atoms with Crippen LogP contribution in [-0.4, -0.2) is 75.2 Å². The number of aliphatic hydroxyl groups is 3. The number of rotatable bonds is 6. The summed E-state index contributed by atoms with van der Waals surface area (Å²) in [4.78, 5) is 15.3. The molecule has 1 saturated carbocycles. The van der Waals surface area contributed by atoms with E-state index >= 15 is 0 Å². The number of ether oxygens (including phenoxy) is 1. The number of aromatic hydroxyl groups is 1. The second kappa shape index (κ2) is 6.85. The molecule has 4 atom stereocenters. The highest BCUT2D eigenvalue weighted by molar-refractivity contribution is 5.95. The summed E-state index contributed by atoms with van der Waals surface area (Å²) in [6, 6.07) is 3.34. The number of nitrogens with zero attached hydrogens (tertiary/aromatic N) is 1. The van der Waals surface area contributed by atoms with Gasteiger partial charge in [0, 0.05) is 37.7 Å². The van der Waals surface area contributed by atoms with E-state index in [1.54, 1.807) is 6.07 Å². The number of aliphatic hydroxyl groups excluding tert-OH is 2. The molecule has 3 aliphatic carbocycles. The summed E-state index contributed by atoms with van der Waals surface area (Å²) in [6.07, 6.45) is 3.17. The highest BCUT2D eigenvalue weighted by Crippen LogP contribution is 2.66. The van der Waals surface area contributed by atoms with E-state index in [9.17, 15) is 20.1 Å². The number of piperidine rings is 1. The molecule has 1 aromatic rings. The predicted octanol–water partition coefficient (Wildman–Crippen LogP) is 0.877. The van der Waals surface area contributed by atoms with Crippen molar-refractivity contribution in [2.75, 3.05) is 26.2 Å². The van der Waals surface area contributed by atoms with Gasteiger partial charge in [-0.05, 0) is 56.2 Å². The minimum atomic E-state index is -1.30. The van der Waals surface area contributed by atoms with Crippen molar-refractivity contribution < 1.29 is 30.0 Å². The Bertz CT molecular complexity index is 1020. The van der Waals surface area contributed by atoms with E-state index in [1.807, 2.05) is 6.07 Å². The third-order valence-electron chi connectivity index (χ3n) is 8.41. The normalized spacial score (nSPS) is 34.8. The summed E-state index contributed by atoms with van der Waals surface area (Å²) in [5.41, 5.74) is -0.205. The van der Waals surface area contributed by atoms with Crippen LogP contribution in [-0.2, 0) is 16.6 Å². The lowest BCUT2D eigenvalue weighted by Crippen LogP contribution is -2.75. The van der Waals surface area contributed by atoms with Crippen LogP contribution < -0.4 is 10.1 Å². The molecule has 0 unspecified atom stereocenters. The zero-order valence-corrected chi connectivity index (χ0v) is 18.0. The smallest absolute Gasteiger partial charge is 0.250 e. The van der Waals surface area contributed by atoms with Crippen LogP contribution in [0, 0.1) is 5.92 Å². The van der Waals surface area contributed by atoms with Crippen LogP contribution >= 0.6 is 0 Å². The SMILES string of the molecule is O=C(NCCCO)C1=C(O)[C@@H]2Oc3c(O)ccc4c3[C@@]23CCN(CC2CC2)[C@H](C4)[C@]3(O)C1. The number of benzene rings is 1. The first-order valence-corrected chi connectivity index (χ1v) is 11.7. The molecule has 0 aromatic heterocycles. The van der Waals surface area contributed by atoms with Crippen molar-refractivity contribution in [3.05, 3.63) is 34.6 Å². The Morgan fingerprint density at radius 1 is 1.28 bits per heavy atom. The predicted molar refractivity (Wildman–Crippen MR) is 115 cm³/mol. The van der Waals surface area contributed by atoms with E-state index in [2.05, 4.69) is 10.2 Å². The average Bonchev–Trinajstić information content (AvgIpc) is 3.51. The molecule has 1 saturated heterocycles. The minimum absolute atomic E-state index is 0.00418. The molecule has 8 nitrogen and oxygen atoms in total. The lowest BCUT2D eigenvalue weighted by molar-refractivity contribution is -0.172. The van der Waals surface area contributed by atoms with E-state index < -0.39 is 23.0 Å². The Morgan fingerprint density at radius 2 is 2.09 bits per heavy atom. The molecule has 2 bridgehead atoms. The number of phenolic OH excluding ortho intramolecular Hbond substituents is 1. The fraction of sp³-hybridized carbons (Fsp3) is 0.625. The van der Waals surface area contributed by atoms with Gasteiger partial charge < -0.3 is 30.5 Å². The summed E-state index contributed by atoms with van der Waals surface area (Å²) in [7, 11) is 0. The number of nitrogens with one attached hydrogen (secondary N) is 1. The first kappa shape index (κ1) is 20.3. The van der Waals surface area contributed by atoms with Gasteiger partial charge in [0.15, 0.2) is 17.6 Å². The monoisotopic (exact) mass is 442 g/mol. The Hall–Kier alpha value is -2.29. The zero-order valence-electron chi connectivity index (χ0n) is 18.0. The van der Waals surface area contributed by atoms with Crippen molar-refractivity contribution in [2.45, 2.75) is 61.7 Å². The largest absolute Gasteiger partial charge is 0.508 e. The van der Waals surface area contributed by atoms with Gasteiger partial charge in [-0.15, -0.1) is 0 Å². The van der Waals surface area contributed by atoms with Crippen LogP contribution in [0.5, 0.6) is 11.5 Å². The molecule has 1 amide bonds. The van der Waals surface area contributed by atoms with Crippen LogP contribution in [0.15, 0.2) is 23.5 Å². The number of hydrogen-bond donors (Lipinski definition) is 5. The van der Waals surface area contributed by atoms with E-state index in [4.69, 9.17) is 9.84 Å². The molecule has 2 fully saturated rings. The fourth-order valence-corrected chi connectivity index (χ4v) is 6.76. The Morgan fingerprint density at radius 3 is 2.84 bits per heavy atom. The van der Waals surface area contributed by atoms with Crippen LogP contribution in [0.2, 0.25) is 0 Å². The molecule has 1 aromatic carbocycles. The molecule has 32 heavy (non-hydrogen) atoms. The lowest BCUT2D eigenvalue weighted by Gasteiger charge is -2.62. The van der Waals surface area contributed by atoms with Gasteiger partial charge >= 0.3 is 0 Å². The number of carbonyl (C=O) groups excluding carboxylic acids is 1. The van der Waals surface area contributed by atoms with Crippen LogP contribution in [0.1, 0.15) is 43.2 Å². The van der Waals surface area contributed by atoms with Gasteiger partial charge in [-0.2, -0.15) is 0 Å². The number of carbonyl (C=O) groups is 1. The highest BCUT2D eigenvalue weighted by Gasteiger charge is 2.73. The number of likely N-dealkylation sites (tertiary alicyclic amines) is 1. The summed E-state index contributed by atoms with van der Waals surface area (Å²) in [6.45, 7) is 1.95. The van der Waals surface area contributed by atoms with Crippen molar-refractivity contribution in [3.8, 4) is 11.5 Å². The maximum atomic E-state index is 13.0. The van der Waals surface area contributed by atoms with Gasteiger partial charge in [0.2, 0.25) is 0 Å². The Balaban J connectivity index is 1.48. The Kier molecular flexibility index (Phi) is 4.35. The number of hydrogen-bond acceptors (Lipinski definition) is 7. The number of phenols is 1. The van der Waals surface area contributed by atoms with Crippen molar-refractivity contribution in [2.24, 2.45) is 5.92 Å². The highest BCUT2D eigenvalue weighted by atomic mass is 16.5. The first-order valence-electron chi connectivity index (χ1n) is 11.7. The summed E-state index contributed by atoms with van der Waals surface area (Å²) in [5.74, 6) is 0.382. The second-order valence-corrected chi connectivity index (χ2v) is 10.1. The van der Waals surface area contributed by atoms with Crippen LogP contribution in [0.3, 0.4) is 0 Å². The molecule has 1 spiro atoms. The molecule has 2 heterocycles. The van der Waals surface area contributed by atoms with E-state index in [-0.39, 0.29) is 42.7 Å². The second-order valence-electron chi connectivity index (χ2n) is 10.1. The molecule has 6 rings (SSSR count). The summed E-state index contributed by atoms with van der Waals surface area (Å²) in [5, 5.41) is 46.0. The van der Waals surface area contributed by atoms with Gasteiger partial charge in [0.05, 0.1) is 16.6 Å². The lowest BCUT2D eigenvalue weighted by atomic mass is 9.49. The molecule has 2 aliphatic heterocycles. The van der Waals surface area contributed by atoms with Crippen molar-refractivity contribution >= 4 is 5.91 Å². The zero-order chi connectivity index (χ0) is 22.3. The summed E-state index contributed by atoms with van der Waals surface area (Å²) < 4.78 is 6.17. The molecule has 0 radical (unpaired) electrons. The average molecular weight is 443 g/mol. The maximum Gasteiger partial charge on any atom is 0.250 e. The molecular formula is C24H30N2O6. The molecule has 172 valence electrons. The fourth-order valence-electron chi connectivity index (χ4n) is 6.76. The van der Waals surface area contributed by atoms with Crippen molar-refractivity contribution in [1.82, 2.24) is 10.2 Å². The standard InChI is InChI=1S/C24H30N2O6/c27-9-1-7-25-22(30)15-11-24(31)17-10-14-4-5-16(28)20-18(14)23(24,21(32-20)19(15)29)6-8-26(17)12-13-2-3-13/h4-5,13,17,21,27-29,31H,1-3,6-12H2,(H,25,30)/t17-,21+,23+,24-/m1/s1. The Labute approximate surface area is 186 Å². The third-order valence-corrected chi connectivity index (χ3v) is 8.41. The minimum Gasteiger partial charge on any atom is -0.508 e. The van der Waals surface area contributed by atoms with Crippen LogP contribution in [0.25, 0.3) is 0 Å². The third kappa shape index (κ3) is 2.51. The van der Waals surface area contributed by atoms with E-state index in [0.717, 1.165) is 24.2 Å². The first-order chi connectivity index (χ1) is 15.4. The van der Waals surface area contributed by atoms with Crippen molar-refractivity contribution in [1.29, 1.82) is 0 Å². The van der Waals surface area contributed by atoms with Gasteiger partial charge in [-0.1, -0.05) is 6.07 Å². The van der Waals surface area contributed by atoms with Gasteiger partial charge in [0.25, 0.3) is 5.91 Å². The molecule has 5 N–H and O–H groups in total. The molecule has 8 heteroatoms. The van der Waals surface area contributed by atoms with Crippen molar-refractivity contribution in [3.63, 3.8) is 0 Å². The molecule has 5 aliphatic rings.